The van der Waals surface area contributed by atoms with Crippen molar-refractivity contribution in [2.24, 2.45) is 0 Å². The second-order valence-electron chi connectivity index (χ2n) is 1.34. The van der Waals surface area contributed by atoms with E-state index < -0.39 is 51.4 Å². The molecule has 0 radical (unpaired) electrons. The van der Waals surface area contributed by atoms with Crippen molar-refractivity contribution in [1.29, 1.82) is 0 Å². The standard InChI is InChI=1S/C8H18O2/c1-2-3-4-5-6-8(10)7-9/h8-10H,2-7H2,1H3/i1D3,2D2,3D2,4D2,5D2,6D2. The Balaban J connectivity index is 6.25. The van der Waals surface area contributed by atoms with Crippen LogP contribution in [0.1, 0.15) is 56.5 Å². The molecule has 0 aromatic rings. The van der Waals surface area contributed by atoms with Crippen LogP contribution in [0.25, 0.3) is 0 Å². The lowest BCUT2D eigenvalue weighted by Gasteiger charge is -2.04. The molecule has 0 amide bonds. The van der Waals surface area contributed by atoms with Crippen molar-refractivity contribution in [3.8, 4) is 0 Å². The normalized spacial score (nSPS) is 41.2. The van der Waals surface area contributed by atoms with E-state index >= 15 is 0 Å². The van der Waals surface area contributed by atoms with Gasteiger partial charge in [-0.25, -0.2) is 0 Å². The molecule has 2 heteroatoms. The van der Waals surface area contributed by atoms with Crippen molar-refractivity contribution >= 4 is 0 Å². The van der Waals surface area contributed by atoms with Gasteiger partial charge in [0.05, 0.1) is 12.7 Å². The minimum Gasteiger partial charge on any atom is -0.394 e. The van der Waals surface area contributed by atoms with Gasteiger partial charge < -0.3 is 10.2 Å². The number of rotatable bonds is 6. The van der Waals surface area contributed by atoms with E-state index in [0.717, 1.165) is 0 Å². The minimum atomic E-state index is -4.02. The van der Waals surface area contributed by atoms with Crippen LogP contribution in [0.15, 0.2) is 0 Å². The van der Waals surface area contributed by atoms with Crippen LogP contribution < -0.4 is 0 Å². The summed E-state index contributed by atoms with van der Waals surface area (Å²) in [6, 6.07) is 0. The summed E-state index contributed by atoms with van der Waals surface area (Å²) in [5.41, 5.74) is 0. The van der Waals surface area contributed by atoms with Crippen LogP contribution in [-0.4, -0.2) is 22.9 Å². The molecule has 0 spiro atoms. The molecule has 0 aliphatic rings. The molecule has 0 heterocycles. The molecule has 0 aliphatic heterocycles. The Morgan fingerprint density at radius 3 is 2.90 bits per heavy atom. The van der Waals surface area contributed by atoms with E-state index in [2.05, 4.69) is 0 Å². The quantitative estimate of drug-likeness (QED) is 0.613. The third-order valence-electron chi connectivity index (χ3n) is 0.599. The Morgan fingerprint density at radius 1 is 1.50 bits per heavy atom. The fourth-order valence-electron chi connectivity index (χ4n) is 0.228. The Labute approximate surface area is 81.1 Å². The highest BCUT2D eigenvalue weighted by molar-refractivity contribution is 4.52. The van der Waals surface area contributed by atoms with E-state index in [1.54, 1.807) is 0 Å². The Kier molecular flexibility index (Phi) is 1.16. The molecule has 2 N–H and O–H groups in total. The summed E-state index contributed by atoms with van der Waals surface area (Å²) in [6.45, 7) is -4.97. The van der Waals surface area contributed by atoms with Crippen LogP contribution in [0.4, 0.5) is 0 Å². The molecule has 0 aromatic carbocycles. The fraction of sp³-hybridized carbons (Fsp3) is 1.00. The zero-order valence-electron chi connectivity index (χ0n) is 18.2. The van der Waals surface area contributed by atoms with E-state index in [9.17, 15) is 5.11 Å². The molecule has 62 valence electrons. The van der Waals surface area contributed by atoms with Gasteiger partial charge in [0.1, 0.15) is 0 Å². The molecule has 0 aromatic heterocycles. The highest BCUT2D eigenvalue weighted by atomic mass is 16.3. The molecule has 0 saturated carbocycles. The van der Waals surface area contributed by atoms with Gasteiger partial charge in [0.15, 0.2) is 0 Å². The van der Waals surface area contributed by atoms with E-state index in [1.165, 1.54) is 0 Å². The van der Waals surface area contributed by atoms with Crippen LogP contribution in [0.3, 0.4) is 0 Å². The molecular weight excluding hydrogens is 128 g/mol. The van der Waals surface area contributed by atoms with Crippen LogP contribution in [0.5, 0.6) is 0 Å². The topological polar surface area (TPSA) is 40.5 Å². The van der Waals surface area contributed by atoms with Gasteiger partial charge in [-0.1, -0.05) is 32.3 Å². The molecule has 0 rings (SSSR count). The molecule has 2 nitrogen and oxygen atoms in total. The third-order valence-corrected chi connectivity index (χ3v) is 0.599. The van der Waals surface area contributed by atoms with Crippen molar-refractivity contribution in [2.75, 3.05) is 6.61 Å². The first-order chi connectivity index (χ1) is 9.73. The third kappa shape index (κ3) is 6.05. The largest absolute Gasteiger partial charge is 0.394 e. The molecular formula is C8H18O2. The smallest absolute Gasteiger partial charge is 0.0770 e. The van der Waals surface area contributed by atoms with Crippen molar-refractivity contribution in [3.05, 3.63) is 0 Å². The zero-order chi connectivity index (χ0) is 19.3. The summed E-state index contributed by atoms with van der Waals surface area (Å²) >= 11 is 0. The van der Waals surface area contributed by atoms with Crippen LogP contribution in [0, 0.1) is 0 Å². The van der Waals surface area contributed by atoms with Crippen LogP contribution >= 0.6 is 0 Å². The predicted octanol–water partition coefficient (Wildman–Crippen LogP) is 1.31. The van der Waals surface area contributed by atoms with Gasteiger partial charge in [0.2, 0.25) is 0 Å². The van der Waals surface area contributed by atoms with E-state index in [0.29, 0.717) is 0 Å². The first-order valence-electron chi connectivity index (χ1n) is 9.02. The van der Waals surface area contributed by atoms with Crippen molar-refractivity contribution in [2.45, 2.75) is 44.8 Å². The monoisotopic (exact) mass is 159 g/mol. The molecule has 0 bridgehead atoms. The molecule has 0 fully saturated rings. The first-order valence-corrected chi connectivity index (χ1v) is 2.52. The zero-order valence-corrected chi connectivity index (χ0v) is 5.18. The molecule has 10 heavy (non-hydrogen) atoms. The second kappa shape index (κ2) is 7.03. The van der Waals surface area contributed by atoms with Crippen molar-refractivity contribution < 1.29 is 28.0 Å². The van der Waals surface area contributed by atoms with E-state index in [-0.39, 0.29) is 0 Å². The minimum absolute atomic E-state index is 1.31. The summed E-state index contributed by atoms with van der Waals surface area (Å²) in [6.07, 6.45) is -21.7. The molecule has 1 unspecified atom stereocenters. The molecule has 1 atom stereocenters. The van der Waals surface area contributed by atoms with Gasteiger partial charge in [-0.05, 0) is 6.37 Å². The number of hydrogen-bond acceptors (Lipinski definition) is 2. The van der Waals surface area contributed by atoms with Gasteiger partial charge in [0, 0.05) is 17.8 Å². The maximum Gasteiger partial charge on any atom is 0.0770 e. The van der Waals surface area contributed by atoms with Crippen molar-refractivity contribution in [1.82, 2.24) is 0 Å². The summed E-state index contributed by atoms with van der Waals surface area (Å²) in [7, 11) is 0. The lowest BCUT2D eigenvalue weighted by atomic mass is 10.1. The Hall–Kier alpha value is -0.0800. The maximum atomic E-state index is 9.35. The second-order valence-corrected chi connectivity index (χ2v) is 1.34. The fourth-order valence-corrected chi connectivity index (χ4v) is 0.228. The van der Waals surface area contributed by atoms with Crippen LogP contribution in [0.2, 0.25) is 0 Å². The summed E-state index contributed by atoms with van der Waals surface area (Å²) in [5, 5.41) is 18.1. The van der Waals surface area contributed by atoms with Crippen molar-refractivity contribution in [3.63, 3.8) is 0 Å². The lowest BCUT2D eigenvalue weighted by Crippen LogP contribution is -2.10. The van der Waals surface area contributed by atoms with Gasteiger partial charge in [-0.3, -0.25) is 0 Å². The average molecular weight is 159 g/mol. The Morgan fingerprint density at radius 2 is 2.30 bits per heavy atom. The highest BCUT2D eigenvalue weighted by Crippen LogP contribution is 2.04. The van der Waals surface area contributed by atoms with Gasteiger partial charge in [-0.15, -0.1) is 0 Å². The number of aliphatic hydroxyl groups is 2. The number of hydrogen-bond donors (Lipinski definition) is 2. The first kappa shape index (κ1) is 1.64. The predicted molar refractivity (Wildman–Crippen MR) is 41.9 cm³/mol. The van der Waals surface area contributed by atoms with Crippen LogP contribution in [-0.2, 0) is 0 Å². The lowest BCUT2D eigenvalue weighted by molar-refractivity contribution is 0.0860. The van der Waals surface area contributed by atoms with Gasteiger partial charge >= 0.3 is 0 Å². The maximum absolute atomic E-state index is 9.35. The SMILES string of the molecule is [2H]C([2H])([2H])C([2H])([2H])C([2H])([2H])C([2H])([2H])C([2H])([2H])C([2H])([2H])C(O)CO. The molecule has 0 aliphatic carbocycles. The van der Waals surface area contributed by atoms with E-state index in [4.69, 9.17) is 22.9 Å². The Bertz CT molecular complexity index is 426. The van der Waals surface area contributed by atoms with Gasteiger partial charge in [-0.2, -0.15) is 0 Å². The highest BCUT2D eigenvalue weighted by Gasteiger charge is 1.99. The van der Waals surface area contributed by atoms with Gasteiger partial charge in [0.25, 0.3) is 0 Å². The summed E-state index contributed by atoms with van der Waals surface area (Å²) < 4.78 is 95.9. The summed E-state index contributed by atoms with van der Waals surface area (Å²) in [4.78, 5) is 0. The number of aliphatic hydroxyl groups excluding tert-OH is 2. The summed E-state index contributed by atoms with van der Waals surface area (Å²) in [5.74, 6) is 0. The molecule has 0 saturated heterocycles. The van der Waals surface area contributed by atoms with E-state index in [1.807, 2.05) is 0 Å². The average Bonchev–Trinajstić information content (AvgIpc) is 2.35.